The summed E-state index contributed by atoms with van der Waals surface area (Å²) in [6.45, 7) is 59.3. The summed E-state index contributed by atoms with van der Waals surface area (Å²) in [5, 5.41) is 0. The van der Waals surface area contributed by atoms with Crippen LogP contribution in [0.25, 0.3) is 0 Å². The van der Waals surface area contributed by atoms with Gasteiger partial charge in [-0.15, -0.1) is 0 Å². The van der Waals surface area contributed by atoms with Gasteiger partial charge in [0.25, 0.3) is 0 Å². The fraction of sp³-hybridized carbons (Fsp3) is 1.00. The highest BCUT2D eigenvalue weighted by Crippen LogP contribution is 2.31. The van der Waals surface area contributed by atoms with Crippen LogP contribution in [0, 0.1) is 38.4 Å². The highest BCUT2D eigenvalue weighted by molar-refractivity contribution is 4.90. The zero-order chi connectivity index (χ0) is 44.8. The molecule has 0 aromatic rings. The lowest BCUT2D eigenvalue weighted by atomic mass is 9.82. The molecule has 2 atom stereocenters. The maximum atomic E-state index is 5.19. The van der Waals surface area contributed by atoms with Crippen molar-refractivity contribution in [2.75, 3.05) is 120 Å². The number of likely N-dealkylation sites (tertiary alicyclic amines) is 5. The van der Waals surface area contributed by atoms with E-state index in [2.05, 4.69) is 149 Å². The topological polar surface area (TPSA) is 43.9 Å². The van der Waals surface area contributed by atoms with E-state index in [-0.39, 0.29) is 0 Å². The average molecular weight is 824 g/mol. The number of nitrogens with zero attached hydrogens (tertiary/aromatic N) is 5. The number of ether oxygens (including phenoxy) is 3. The minimum Gasteiger partial charge on any atom is -0.383 e. The van der Waals surface area contributed by atoms with Gasteiger partial charge >= 0.3 is 0 Å². The van der Waals surface area contributed by atoms with Crippen molar-refractivity contribution in [1.82, 2.24) is 24.5 Å². The highest BCUT2D eigenvalue weighted by atomic mass is 16.5. The zero-order valence-corrected chi connectivity index (χ0v) is 43.2. The van der Waals surface area contributed by atoms with Gasteiger partial charge in [0.2, 0.25) is 0 Å². The molecule has 0 saturated carbocycles. The van der Waals surface area contributed by atoms with Crippen LogP contribution in [0.2, 0.25) is 0 Å². The smallest absolute Gasteiger partial charge is 0.0824 e. The Kier molecular flexibility index (Phi) is 23.5. The summed E-state index contributed by atoms with van der Waals surface area (Å²) in [5.74, 6) is 1.01. The van der Waals surface area contributed by atoms with Gasteiger partial charge in [-0.05, 0) is 57.7 Å². The van der Waals surface area contributed by atoms with Crippen molar-refractivity contribution in [3.05, 3.63) is 0 Å². The lowest BCUT2D eigenvalue weighted by Gasteiger charge is -2.48. The molecule has 0 amide bonds. The first-order valence-corrected chi connectivity index (χ1v) is 23.5. The lowest BCUT2D eigenvalue weighted by molar-refractivity contribution is -0.0417. The molecule has 5 rings (SSSR count). The zero-order valence-electron chi connectivity index (χ0n) is 43.2. The molecule has 5 heterocycles. The third-order valence-corrected chi connectivity index (χ3v) is 11.0. The van der Waals surface area contributed by atoms with Gasteiger partial charge < -0.3 is 24.0 Å². The first-order valence-electron chi connectivity index (χ1n) is 23.5. The van der Waals surface area contributed by atoms with E-state index in [1.807, 2.05) is 0 Å². The van der Waals surface area contributed by atoms with Gasteiger partial charge in [0.05, 0.1) is 19.3 Å². The minimum absolute atomic E-state index is 0.423. The lowest BCUT2D eigenvalue weighted by Crippen LogP contribution is -2.55. The van der Waals surface area contributed by atoms with E-state index in [0.29, 0.717) is 50.7 Å². The molecular formula is C50H105N5O3. The van der Waals surface area contributed by atoms with Crippen molar-refractivity contribution in [3.8, 4) is 0 Å². The van der Waals surface area contributed by atoms with Gasteiger partial charge in [-0.3, -0.25) is 14.7 Å². The average Bonchev–Trinajstić information content (AvgIpc) is 2.97. The Morgan fingerprint density at radius 2 is 0.845 bits per heavy atom. The maximum Gasteiger partial charge on any atom is 0.0824 e. The van der Waals surface area contributed by atoms with E-state index in [1.54, 1.807) is 21.3 Å². The molecule has 0 aromatic carbocycles. The molecule has 0 aromatic heterocycles. The Bertz CT molecular complexity index is 1030. The van der Waals surface area contributed by atoms with Gasteiger partial charge in [-0.1, -0.05) is 131 Å². The second-order valence-electron chi connectivity index (χ2n) is 25.7. The Balaban J connectivity index is 0.000000363. The summed E-state index contributed by atoms with van der Waals surface area (Å²) in [6, 6.07) is 1.38. The molecule has 0 radical (unpaired) electrons. The normalized spacial score (nSPS) is 23.7. The molecule has 0 N–H and O–H groups in total. The quantitative estimate of drug-likeness (QED) is 0.193. The minimum atomic E-state index is 0.423. The molecule has 5 fully saturated rings. The van der Waals surface area contributed by atoms with E-state index in [9.17, 15) is 0 Å². The first kappa shape index (κ1) is 55.7. The predicted octanol–water partition coefficient (Wildman–Crippen LogP) is 10.0. The second-order valence-corrected chi connectivity index (χ2v) is 25.7. The van der Waals surface area contributed by atoms with Crippen LogP contribution < -0.4 is 0 Å². The largest absolute Gasteiger partial charge is 0.383 e. The summed E-state index contributed by atoms with van der Waals surface area (Å²) in [5.41, 5.74) is 2.82. The fourth-order valence-electron chi connectivity index (χ4n) is 8.87. The van der Waals surface area contributed by atoms with Crippen LogP contribution in [0.1, 0.15) is 150 Å². The summed E-state index contributed by atoms with van der Waals surface area (Å²) in [7, 11) is 5.36. The molecule has 5 saturated heterocycles. The van der Waals surface area contributed by atoms with Crippen LogP contribution in [-0.2, 0) is 14.2 Å². The summed E-state index contributed by atoms with van der Waals surface area (Å²) in [4.78, 5) is 12.6. The van der Waals surface area contributed by atoms with Crippen molar-refractivity contribution in [1.29, 1.82) is 0 Å². The molecule has 348 valence electrons. The van der Waals surface area contributed by atoms with Gasteiger partial charge in [0, 0.05) is 118 Å². The van der Waals surface area contributed by atoms with Crippen molar-refractivity contribution < 1.29 is 14.2 Å². The van der Waals surface area contributed by atoms with E-state index >= 15 is 0 Å². The Morgan fingerprint density at radius 1 is 0.500 bits per heavy atom. The fourth-order valence-corrected chi connectivity index (χ4v) is 8.87. The molecule has 0 aliphatic carbocycles. The van der Waals surface area contributed by atoms with E-state index in [4.69, 9.17) is 14.2 Å². The maximum absolute atomic E-state index is 5.19. The van der Waals surface area contributed by atoms with Crippen LogP contribution >= 0.6 is 0 Å². The summed E-state index contributed by atoms with van der Waals surface area (Å²) < 4.78 is 15.5. The van der Waals surface area contributed by atoms with Crippen molar-refractivity contribution in [2.24, 2.45) is 38.4 Å². The standard InChI is InChI=1S/C11H23N.2C10H21NO.C10H21N.C9H19NO/c1-5-6-10-7-12(8-10)9-11(2,3)4;2*1-10(2,3)8-11-6-5-9(11)7-12-4;1-9(2,3)6-11-7-10(4,5)8-11;1-9(2,3)7-10-5-8(6-10)11-4/h10H,5-9H2,1-4H3;2*9H,5-8H2,1-4H3;6-8H2,1-5H3;8H,5-7H2,1-4H3/t;2*9-;;/m.10../s1. The molecule has 8 heteroatoms. The molecule has 5 aliphatic rings. The predicted molar refractivity (Wildman–Crippen MR) is 253 cm³/mol. The van der Waals surface area contributed by atoms with Gasteiger partial charge in [0.1, 0.15) is 0 Å². The number of hydrogen-bond donors (Lipinski definition) is 0. The van der Waals surface area contributed by atoms with Crippen molar-refractivity contribution >= 4 is 0 Å². The first-order chi connectivity index (χ1) is 26.4. The van der Waals surface area contributed by atoms with Crippen LogP contribution in [-0.4, -0.2) is 162 Å². The van der Waals surface area contributed by atoms with Crippen LogP contribution in [0.15, 0.2) is 0 Å². The van der Waals surface area contributed by atoms with Crippen LogP contribution in [0.4, 0.5) is 0 Å². The van der Waals surface area contributed by atoms with Crippen LogP contribution in [0.5, 0.6) is 0 Å². The van der Waals surface area contributed by atoms with Gasteiger partial charge in [0.15, 0.2) is 0 Å². The molecule has 0 spiro atoms. The highest BCUT2D eigenvalue weighted by Gasteiger charge is 2.36. The summed E-state index contributed by atoms with van der Waals surface area (Å²) >= 11 is 0. The van der Waals surface area contributed by atoms with Gasteiger partial charge in [-0.2, -0.15) is 0 Å². The van der Waals surface area contributed by atoms with Gasteiger partial charge in [-0.25, -0.2) is 0 Å². The van der Waals surface area contributed by atoms with E-state index in [0.717, 1.165) is 32.2 Å². The molecule has 0 bridgehead atoms. The van der Waals surface area contributed by atoms with Crippen molar-refractivity contribution in [3.63, 3.8) is 0 Å². The Labute approximate surface area is 364 Å². The number of rotatable bonds is 12. The van der Waals surface area contributed by atoms with Crippen molar-refractivity contribution in [2.45, 2.75) is 168 Å². The van der Waals surface area contributed by atoms with E-state index < -0.39 is 0 Å². The molecule has 58 heavy (non-hydrogen) atoms. The molecule has 8 nitrogen and oxygen atoms in total. The van der Waals surface area contributed by atoms with E-state index in [1.165, 1.54) is 97.7 Å². The molecule has 0 unspecified atom stereocenters. The number of methoxy groups -OCH3 is 3. The number of hydrogen-bond acceptors (Lipinski definition) is 8. The Morgan fingerprint density at radius 3 is 1.10 bits per heavy atom. The third kappa shape index (κ3) is 26.2. The Hall–Kier alpha value is -0.320. The SMILES string of the molecule is CC(C)(C)CN1CC(C)(C)C1.CCCC1CN(CC(C)(C)C)C1.COC1CN(CC(C)(C)C)C1.COC[C@@H]1CCN1CC(C)(C)C.COC[C@H]1CCN1CC(C)(C)C. The van der Waals surface area contributed by atoms with Crippen LogP contribution in [0.3, 0.4) is 0 Å². The second kappa shape index (κ2) is 24.5. The molecule has 5 aliphatic heterocycles. The summed E-state index contributed by atoms with van der Waals surface area (Å²) in [6.07, 6.45) is 5.90. The third-order valence-electron chi connectivity index (χ3n) is 11.0. The molecular weight excluding hydrogens is 719 g/mol. The monoisotopic (exact) mass is 824 g/mol.